The molecule has 0 amide bonds. The Hall–Kier alpha value is -0.690. The van der Waals surface area contributed by atoms with E-state index in [1.807, 2.05) is 0 Å². The van der Waals surface area contributed by atoms with E-state index in [4.69, 9.17) is 0 Å². The molecule has 0 spiro atoms. The Labute approximate surface area is 133 Å². The second kappa shape index (κ2) is 6.39. The molecule has 0 unspecified atom stereocenters. The molecule has 0 aromatic carbocycles. The van der Waals surface area contributed by atoms with Crippen LogP contribution in [-0.4, -0.2) is 14.8 Å². The van der Waals surface area contributed by atoms with Crippen molar-refractivity contribution in [3.8, 4) is 0 Å². The first-order valence-corrected chi connectivity index (χ1v) is 8.49. The highest BCUT2D eigenvalue weighted by atomic mass is 79.9. The SMILES string of the molecule is O=c1c(Br)cn(CC2(CBr)CCCCC2)cc1[N+](=O)[O-]. The highest BCUT2D eigenvalue weighted by Gasteiger charge is 2.31. The number of alkyl halides is 1. The van der Waals surface area contributed by atoms with Gasteiger partial charge in [-0.1, -0.05) is 35.2 Å². The predicted octanol–water partition coefficient (Wildman–Crippen LogP) is 3.86. The number of rotatable bonds is 4. The maximum atomic E-state index is 11.7. The minimum absolute atomic E-state index is 0.126. The minimum Gasteiger partial charge on any atom is -0.346 e. The van der Waals surface area contributed by atoms with E-state index in [1.165, 1.54) is 25.5 Å². The van der Waals surface area contributed by atoms with E-state index in [2.05, 4.69) is 31.9 Å². The third-order valence-corrected chi connectivity index (χ3v) is 5.68. The number of halogens is 2. The van der Waals surface area contributed by atoms with Crippen LogP contribution < -0.4 is 5.43 Å². The van der Waals surface area contributed by atoms with Crippen LogP contribution in [0, 0.1) is 15.5 Å². The molecule has 110 valence electrons. The monoisotopic (exact) mass is 406 g/mol. The van der Waals surface area contributed by atoms with Gasteiger partial charge in [0.15, 0.2) is 0 Å². The fourth-order valence-corrected chi connectivity index (χ4v) is 4.03. The molecule has 1 fully saturated rings. The number of pyridine rings is 1. The molecule has 0 saturated heterocycles. The molecule has 1 heterocycles. The third kappa shape index (κ3) is 3.31. The summed E-state index contributed by atoms with van der Waals surface area (Å²) in [5.41, 5.74) is -0.816. The lowest BCUT2D eigenvalue weighted by molar-refractivity contribution is -0.386. The van der Waals surface area contributed by atoms with Crippen LogP contribution in [0.25, 0.3) is 0 Å². The molecular weight excluding hydrogens is 392 g/mol. The summed E-state index contributed by atoms with van der Waals surface area (Å²) in [4.78, 5) is 22.0. The zero-order valence-corrected chi connectivity index (χ0v) is 14.2. The Morgan fingerprint density at radius 2 is 1.95 bits per heavy atom. The standard InChI is InChI=1S/C13H16Br2N2O3/c14-8-13(4-2-1-3-5-13)9-16-6-10(15)12(18)11(7-16)17(19)20/h6-7H,1-5,8-9H2. The summed E-state index contributed by atoms with van der Waals surface area (Å²) in [6.07, 6.45) is 8.85. The van der Waals surface area contributed by atoms with E-state index >= 15 is 0 Å². The smallest absolute Gasteiger partial charge is 0.333 e. The second-order valence-corrected chi connectivity index (χ2v) is 6.86. The van der Waals surface area contributed by atoms with Gasteiger partial charge in [-0.15, -0.1) is 0 Å². The minimum atomic E-state index is -0.620. The topological polar surface area (TPSA) is 65.1 Å². The van der Waals surface area contributed by atoms with Crippen LogP contribution in [-0.2, 0) is 6.54 Å². The van der Waals surface area contributed by atoms with Crippen molar-refractivity contribution >= 4 is 37.5 Å². The van der Waals surface area contributed by atoms with Crippen molar-refractivity contribution in [1.82, 2.24) is 4.57 Å². The quantitative estimate of drug-likeness (QED) is 0.432. The van der Waals surface area contributed by atoms with Crippen LogP contribution in [0.3, 0.4) is 0 Å². The summed E-state index contributed by atoms with van der Waals surface area (Å²) in [5.74, 6) is 0. The molecule has 1 saturated carbocycles. The Kier molecular flexibility index (Phi) is 5.01. The molecule has 0 atom stereocenters. The molecule has 5 nitrogen and oxygen atoms in total. The van der Waals surface area contributed by atoms with Crippen molar-refractivity contribution in [3.05, 3.63) is 37.2 Å². The average molecular weight is 408 g/mol. The Balaban J connectivity index is 2.33. The summed E-state index contributed by atoms with van der Waals surface area (Å²) in [7, 11) is 0. The zero-order valence-electron chi connectivity index (χ0n) is 11.0. The van der Waals surface area contributed by atoms with Gasteiger partial charge in [0.05, 0.1) is 15.6 Å². The van der Waals surface area contributed by atoms with Crippen molar-refractivity contribution in [2.45, 2.75) is 38.6 Å². The van der Waals surface area contributed by atoms with E-state index in [1.54, 1.807) is 10.8 Å². The molecule has 1 aromatic rings. The van der Waals surface area contributed by atoms with E-state index in [0.29, 0.717) is 6.54 Å². The summed E-state index contributed by atoms with van der Waals surface area (Å²) in [6.45, 7) is 0.692. The molecule has 0 aliphatic heterocycles. The number of hydrogen-bond donors (Lipinski definition) is 0. The van der Waals surface area contributed by atoms with Crippen molar-refractivity contribution in [3.63, 3.8) is 0 Å². The van der Waals surface area contributed by atoms with E-state index < -0.39 is 10.4 Å². The molecule has 1 aliphatic carbocycles. The first kappa shape index (κ1) is 15.7. The van der Waals surface area contributed by atoms with Crippen LogP contribution in [0.1, 0.15) is 32.1 Å². The van der Waals surface area contributed by atoms with Gasteiger partial charge >= 0.3 is 5.69 Å². The summed E-state index contributed by atoms with van der Waals surface area (Å²) in [5, 5.41) is 11.8. The summed E-state index contributed by atoms with van der Waals surface area (Å²) < 4.78 is 2.02. The number of nitrogens with zero attached hydrogens (tertiary/aromatic N) is 2. The van der Waals surface area contributed by atoms with Gasteiger partial charge in [-0.05, 0) is 34.2 Å². The van der Waals surface area contributed by atoms with Crippen LogP contribution in [0.5, 0.6) is 0 Å². The molecular formula is C13H16Br2N2O3. The zero-order chi connectivity index (χ0) is 14.8. The van der Waals surface area contributed by atoms with Crippen LogP contribution in [0.4, 0.5) is 5.69 Å². The van der Waals surface area contributed by atoms with Crippen molar-refractivity contribution in [1.29, 1.82) is 0 Å². The first-order chi connectivity index (χ1) is 9.47. The molecule has 7 heteroatoms. The van der Waals surface area contributed by atoms with Crippen LogP contribution in [0.2, 0.25) is 0 Å². The van der Waals surface area contributed by atoms with Gasteiger partial charge in [0.25, 0.3) is 5.43 Å². The average Bonchev–Trinajstić information content (AvgIpc) is 2.43. The largest absolute Gasteiger partial charge is 0.346 e. The lowest BCUT2D eigenvalue weighted by atomic mass is 9.75. The van der Waals surface area contributed by atoms with Crippen molar-refractivity contribution in [2.75, 3.05) is 5.33 Å². The van der Waals surface area contributed by atoms with Crippen LogP contribution >= 0.6 is 31.9 Å². The molecule has 1 aromatic heterocycles. The number of aromatic nitrogens is 1. The maximum absolute atomic E-state index is 11.7. The molecule has 0 N–H and O–H groups in total. The van der Waals surface area contributed by atoms with Gasteiger partial charge in [0, 0.05) is 18.1 Å². The molecule has 1 aliphatic rings. The molecule has 0 radical (unpaired) electrons. The fourth-order valence-electron chi connectivity index (χ4n) is 2.82. The maximum Gasteiger partial charge on any atom is 0.333 e. The van der Waals surface area contributed by atoms with Gasteiger partial charge in [0.2, 0.25) is 0 Å². The number of hydrogen-bond acceptors (Lipinski definition) is 3. The van der Waals surface area contributed by atoms with Crippen molar-refractivity contribution in [2.24, 2.45) is 5.41 Å². The molecule has 0 bridgehead atoms. The van der Waals surface area contributed by atoms with Crippen LogP contribution in [0.15, 0.2) is 21.7 Å². The van der Waals surface area contributed by atoms with E-state index in [-0.39, 0.29) is 15.6 Å². The van der Waals surface area contributed by atoms with Gasteiger partial charge in [-0.25, -0.2) is 0 Å². The predicted molar refractivity (Wildman–Crippen MR) is 84.4 cm³/mol. The summed E-state index contributed by atoms with van der Waals surface area (Å²) in [6, 6.07) is 0. The first-order valence-electron chi connectivity index (χ1n) is 6.57. The van der Waals surface area contributed by atoms with Gasteiger partial charge in [-0.2, -0.15) is 0 Å². The van der Waals surface area contributed by atoms with E-state index in [0.717, 1.165) is 18.2 Å². The fraction of sp³-hybridized carbons (Fsp3) is 0.615. The Bertz CT molecular complexity index is 565. The second-order valence-electron chi connectivity index (χ2n) is 5.44. The van der Waals surface area contributed by atoms with Crippen molar-refractivity contribution < 1.29 is 4.92 Å². The lowest BCUT2D eigenvalue weighted by Crippen LogP contribution is -2.31. The highest BCUT2D eigenvalue weighted by Crippen LogP contribution is 2.39. The van der Waals surface area contributed by atoms with Gasteiger partial charge < -0.3 is 4.57 Å². The van der Waals surface area contributed by atoms with E-state index in [9.17, 15) is 14.9 Å². The summed E-state index contributed by atoms with van der Waals surface area (Å²) >= 11 is 6.71. The molecule has 2 rings (SSSR count). The Morgan fingerprint density at radius 1 is 1.30 bits per heavy atom. The Morgan fingerprint density at radius 3 is 2.50 bits per heavy atom. The molecule has 20 heavy (non-hydrogen) atoms. The van der Waals surface area contributed by atoms with Gasteiger partial charge in [0.1, 0.15) is 0 Å². The lowest BCUT2D eigenvalue weighted by Gasteiger charge is -2.36. The number of nitro groups is 1. The highest BCUT2D eigenvalue weighted by molar-refractivity contribution is 9.10. The normalized spacial score (nSPS) is 17.9. The van der Waals surface area contributed by atoms with Gasteiger partial charge in [-0.3, -0.25) is 14.9 Å². The third-order valence-electron chi connectivity index (χ3n) is 3.93.